The zero-order chi connectivity index (χ0) is 22.6. The summed E-state index contributed by atoms with van der Waals surface area (Å²) in [7, 11) is 0. The van der Waals surface area contributed by atoms with E-state index >= 15 is 0 Å². The van der Waals surface area contributed by atoms with Gasteiger partial charge in [-0.2, -0.15) is 0 Å². The average Bonchev–Trinajstić information content (AvgIpc) is 2.75. The molecule has 1 unspecified atom stereocenters. The fourth-order valence-corrected chi connectivity index (χ4v) is 3.59. The van der Waals surface area contributed by atoms with Gasteiger partial charge in [0.25, 0.3) is 0 Å². The number of nitro benzene ring substituents is 1. The molecule has 168 valence electrons. The van der Waals surface area contributed by atoms with Crippen LogP contribution in [0.5, 0.6) is 5.75 Å². The SMILES string of the molecule is CCCCCCCCCCC(C)Oc1ccc(-c2ccc(C(=O)O)cc2)cc1[N+](=O)[O-]. The number of ether oxygens (including phenoxy) is 1. The van der Waals surface area contributed by atoms with Gasteiger partial charge >= 0.3 is 11.7 Å². The normalized spacial score (nSPS) is 11.8. The highest BCUT2D eigenvalue weighted by Gasteiger charge is 2.19. The molecule has 2 aromatic carbocycles. The van der Waals surface area contributed by atoms with Gasteiger partial charge < -0.3 is 9.84 Å². The van der Waals surface area contributed by atoms with E-state index in [0.717, 1.165) is 19.3 Å². The van der Waals surface area contributed by atoms with E-state index in [9.17, 15) is 14.9 Å². The van der Waals surface area contributed by atoms with Crippen LogP contribution in [-0.4, -0.2) is 22.1 Å². The molecule has 0 spiro atoms. The van der Waals surface area contributed by atoms with Crippen molar-refractivity contribution in [2.45, 2.75) is 77.7 Å². The molecule has 0 saturated carbocycles. The highest BCUT2D eigenvalue weighted by molar-refractivity contribution is 5.88. The number of hydrogen-bond acceptors (Lipinski definition) is 4. The second-order valence-electron chi connectivity index (χ2n) is 8.01. The van der Waals surface area contributed by atoms with Gasteiger partial charge in [0.1, 0.15) is 0 Å². The number of aromatic carboxylic acids is 1. The second kappa shape index (κ2) is 12.7. The Labute approximate surface area is 184 Å². The molecule has 1 N–H and O–H groups in total. The number of hydrogen-bond donors (Lipinski definition) is 1. The first-order chi connectivity index (χ1) is 14.9. The van der Waals surface area contributed by atoms with Gasteiger partial charge in [0.2, 0.25) is 0 Å². The molecule has 0 amide bonds. The van der Waals surface area contributed by atoms with Gasteiger partial charge in [-0.1, -0.05) is 70.1 Å². The maximum atomic E-state index is 11.6. The van der Waals surface area contributed by atoms with Gasteiger partial charge in [-0.3, -0.25) is 10.1 Å². The standard InChI is InChI=1S/C25H33NO5/c1-3-4-5-6-7-8-9-10-11-19(2)31-24-17-16-22(18-23(24)26(29)30)20-12-14-21(15-13-20)25(27)28/h12-19H,3-11H2,1-2H3,(H,27,28). The van der Waals surface area contributed by atoms with Crippen molar-refractivity contribution in [2.75, 3.05) is 0 Å². The molecule has 0 aliphatic carbocycles. The fraction of sp³-hybridized carbons (Fsp3) is 0.480. The Balaban J connectivity index is 1.92. The molecule has 6 nitrogen and oxygen atoms in total. The van der Waals surface area contributed by atoms with Gasteiger partial charge in [0.05, 0.1) is 16.6 Å². The minimum Gasteiger partial charge on any atom is -0.484 e. The van der Waals surface area contributed by atoms with Crippen molar-refractivity contribution < 1.29 is 19.6 Å². The Morgan fingerprint density at radius 3 is 2.13 bits per heavy atom. The lowest BCUT2D eigenvalue weighted by Gasteiger charge is -2.15. The summed E-state index contributed by atoms with van der Waals surface area (Å²) in [6.07, 6.45) is 10.7. The Hall–Kier alpha value is -2.89. The molecule has 0 radical (unpaired) electrons. The molecular formula is C25H33NO5. The lowest BCUT2D eigenvalue weighted by molar-refractivity contribution is -0.386. The van der Waals surface area contributed by atoms with Crippen LogP contribution in [0.1, 0.15) is 82.0 Å². The predicted molar refractivity (Wildman–Crippen MR) is 123 cm³/mol. The van der Waals surface area contributed by atoms with E-state index in [1.807, 2.05) is 6.92 Å². The Kier molecular flexibility index (Phi) is 10.0. The molecular weight excluding hydrogens is 394 g/mol. The number of rotatable bonds is 14. The van der Waals surface area contributed by atoms with E-state index in [1.165, 1.54) is 56.7 Å². The van der Waals surface area contributed by atoms with Crippen LogP contribution in [0.3, 0.4) is 0 Å². The van der Waals surface area contributed by atoms with Crippen LogP contribution in [0.4, 0.5) is 5.69 Å². The molecule has 0 fully saturated rings. The Bertz CT molecular complexity index is 847. The highest BCUT2D eigenvalue weighted by Crippen LogP contribution is 2.33. The number of nitrogens with zero attached hydrogens (tertiary/aromatic N) is 1. The van der Waals surface area contributed by atoms with Gasteiger partial charge in [-0.25, -0.2) is 4.79 Å². The van der Waals surface area contributed by atoms with Crippen molar-refractivity contribution in [2.24, 2.45) is 0 Å². The molecule has 0 aliphatic heterocycles. The first kappa shape index (κ1) is 24.4. The van der Waals surface area contributed by atoms with E-state index in [-0.39, 0.29) is 23.1 Å². The maximum absolute atomic E-state index is 11.6. The van der Waals surface area contributed by atoms with Crippen molar-refractivity contribution in [3.05, 3.63) is 58.1 Å². The van der Waals surface area contributed by atoms with E-state index in [4.69, 9.17) is 9.84 Å². The lowest BCUT2D eigenvalue weighted by atomic mass is 10.0. The fourth-order valence-electron chi connectivity index (χ4n) is 3.59. The second-order valence-corrected chi connectivity index (χ2v) is 8.01. The van der Waals surface area contributed by atoms with E-state index in [1.54, 1.807) is 24.3 Å². The first-order valence-corrected chi connectivity index (χ1v) is 11.2. The smallest absolute Gasteiger partial charge is 0.335 e. The summed E-state index contributed by atoms with van der Waals surface area (Å²) in [5.74, 6) is -0.741. The zero-order valence-corrected chi connectivity index (χ0v) is 18.5. The van der Waals surface area contributed by atoms with Gasteiger partial charge in [-0.05, 0) is 49.1 Å². The third kappa shape index (κ3) is 8.04. The van der Waals surface area contributed by atoms with Gasteiger partial charge in [0, 0.05) is 6.07 Å². The van der Waals surface area contributed by atoms with Crippen LogP contribution in [-0.2, 0) is 0 Å². The summed E-state index contributed by atoms with van der Waals surface area (Å²) < 4.78 is 5.89. The third-order valence-corrected chi connectivity index (χ3v) is 5.41. The van der Waals surface area contributed by atoms with E-state index in [0.29, 0.717) is 11.1 Å². The quantitative estimate of drug-likeness (QED) is 0.195. The molecule has 2 aromatic rings. The molecule has 2 rings (SSSR count). The van der Waals surface area contributed by atoms with Crippen molar-refractivity contribution in [1.82, 2.24) is 0 Å². The zero-order valence-electron chi connectivity index (χ0n) is 18.5. The van der Waals surface area contributed by atoms with Crippen LogP contribution in [0.15, 0.2) is 42.5 Å². The van der Waals surface area contributed by atoms with Crippen LogP contribution >= 0.6 is 0 Å². The molecule has 6 heteroatoms. The summed E-state index contributed by atoms with van der Waals surface area (Å²) in [5.41, 5.74) is 1.45. The summed E-state index contributed by atoms with van der Waals surface area (Å²) >= 11 is 0. The van der Waals surface area contributed by atoms with Crippen molar-refractivity contribution in [3.8, 4) is 16.9 Å². The lowest BCUT2D eigenvalue weighted by Crippen LogP contribution is -2.12. The predicted octanol–water partition coefficient (Wildman–Crippen LogP) is 7.26. The summed E-state index contributed by atoms with van der Waals surface area (Å²) in [6, 6.07) is 11.1. The topological polar surface area (TPSA) is 89.7 Å². The number of unbranched alkanes of at least 4 members (excludes halogenated alkanes) is 7. The Morgan fingerprint density at radius 2 is 1.55 bits per heavy atom. The minimum atomic E-state index is -1.01. The largest absolute Gasteiger partial charge is 0.484 e. The summed E-state index contributed by atoms with van der Waals surface area (Å²) in [5, 5.41) is 20.6. The minimum absolute atomic E-state index is 0.0809. The molecule has 31 heavy (non-hydrogen) atoms. The van der Waals surface area contributed by atoms with Gasteiger partial charge in [0.15, 0.2) is 5.75 Å². The molecule has 0 saturated heterocycles. The number of carbonyl (C=O) groups is 1. The maximum Gasteiger partial charge on any atom is 0.335 e. The van der Waals surface area contributed by atoms with Crippen LogP contribution < -0.4 is 4.74 Å². The van der Waals surface area contributed by atoms with Crippen LogP contribution in [0, 0.1) is 10.1 Å². The summed E-state index contributed by atoms with van der Waals surface area (Å²) in [4.78, 5) is 22.1. The van der Waals surface area contributed by atoms with Crippen LogP contribution in [0.2, 0.25) is 0 Å². The highest BCUT2D eigenvalue weighted by atomic mass is 16.6. The van der Waals surface area contributed by atoms with Crippen molar-refractivity contribution in [1.29, 1.82) is 0 Å². The molecule has 1 atom stereocenters. The summed E-state index contributed by atoms with van der Waals surface area (Å²) in [6.45, 7) is 4.17. The number of benzene rings is 2. The van der Waals surface area contributed by atoms with Crippen molar-refractivity contribution >= 4 is 11.7 Å². The monoisotopic (exact) mass is 427 g/mol. The third-order valence-electron chi connectivity index (χ3n) is 5.41. The molecule has 0 heterocycles. The molecule has 0 aliphatic rings. The number of nitro groups is 1. The van der Waals surface area contributed by atoms with E-state index < -0.39 is 10.9 Å². The molecule has 0 aromatic heterocycles. The van der Waals surface area contributed by atoms with Crippen molar-refractivity contribution in [3.63, 3.8) is 0 Å². The average molecular weight is 428 g/mol. The van der Waals surface area contributed by atoms with Crippen LogP contribution in [0.25, 0.3) is 11.1 Å². The molecule has 0 bridgehead atoms. The number of carboxylic acid groups (broad SMARTS) is 1. The Morgan fingerprint density at radius 1 is 0.968 bits per heavy atom. The van der Waals surface area contributed by atoms with E-state index in [2.05, 4.69) is 6.92 Å². The first-order valence-electron chi connectivity index (χ1n) is 11.2. The van der Waals surface area contributed by atoms with Gasteiger partial charge in [-0.15, -0.1) is 0 Å². The number of carboxylic acids is 1.